The Morgan fingerprint density at radius 1 is 1.23 bits per heavy atom. The molecule has 0 saturated heterocycles. The molecule has 0 atom stereocenters. The first-order valence-corrected chi connectivity index (χ1v) is 10.6. The van der Waals surface area contributed by atoms with Crippen molar-refractivity contribution in [2.24, 2.45) is 0 Å². The molecule has 7 nitrogen and oxygen atoms in total. The number of ether oxygens (including phenoxy) is 3. The van der Waals surface area contributed by atoms with Crippen LogP contribution in [0.25, 0.3) is 22.7 Å². The number of nitrogens with one attached hydrogen (secondary N) is 1. The van der Waals surface area contributed by atoms with Gasteiger partial charge in [0.15, 0.2) is 18.1 Å². The molecule has 1 heterocycles. The highest BCUT2D eigenvalue weighted by atomic mass is 79.9. The molecule has 160 valence electrons. The molecule has 0 spiro atoms. The summed E-state index contributed by atoms with van der Waals surface area (Å²) >= 11 is 3.47. The summed E-state index contributed by atoms with van der Waals surface area (Å²) in [6.45, 7) is 6.04. The number of hydrogen-bond donors (Lipinski definition) is 1. The molecular formula is C23H22BrN3O4. The van der Waals surface area contributed by atoms with Crippen LogP contribution in [0.5, 0.6) is 11.5 Å². The van der Waals surface area contributed by atoms with Crippen LogP contribution in [0.2, 0.25) is 0 Å². The van der Waals surface area contributed by atoms with Crippen LogP contribution in [-0.4, -0.2) is 35.8 Å². The number of allylic oxidation sites excluding steroid dienone is 1. The fourth-order valence-electron chi connectivity index (χ4n) is 2.98. The lowest BCUT2D eigenvalue weighted by Crippen LogP contribution is -2.15. The van der Waals surface area contributed by atoms with Crippen LogP contribution in [0.15, 0.2) is 34.8 Å². The molecule has 0 radical (unpaired) electrons. The summed E-state index contributed by atoms with van der Waals surface area (Å²) < 4.78 is 16.8. The van der Waals surface area contributed by atoms with Crippen molar-refractivity contribution >= 4 is 44.6 Å². The molecule has 0 bridgehead atoms. The number of benzene rings is 2. The molecule has 1 aromatic heterocycles. The molecule has 0 aliphatic heterocycles. The van der Waals surface area contributed by atoms with Crippen molar-refractivity contribution in [2.75, 3.05) is 19.8 Å². The lowest BCUT2D eigenvalue weighted by Gasteiger charge is -2.14. The van der Waals surface area contributed by atoms with E-state index in [0.717, 1.165) is 16.6 Å². The second kappa shape index (κ2) is 10.1. The van der Waals surface area contributed by atoms with Crippen molar-refractivity contribution in [3.05, 3.63) is 51.8 Å². The van der Waals surface area contributed by atoms with Gasteiger partial charge in [-0.15, -0.1) is 0 Å². The van der Waals surface area contributed by atoms with Crippen molar-refractivity contribution in [3.63, 3.8) is 0 Å². The van der Waals surface area contributed by atoms with E-state index in [4.69, 9.17) is 14.2 Å². The van der Waals surface area contributed by atoms with Gasteiger partial charge in [0.1, 0.15) is 11.9 Å². The molecule has 0 aliphatic carbocycles. The standard InChI is InChI=1S/C23H22BrN3O4/c1-4-29-20-11-15(10-17(24)22(20)31-13-21(28)30-5-2)9-16(12-25)23-26-18-7-6-14(3)8-19(18)27-23/h6-11H,4-5,13H2,1-3H3,(H,26,27). The Labute approximate surface area is 188 Å². The fourth-order valence-corrected chi connectivity index (χ4v) is 3.55. The van der Waals surface area contributed by atoms with Crippen molar-refractivity contribution < 1.29 is 19.0 Å². The quantitative estimate of drug-likeness (QED) is 0.356. The van der Waals surface area contributed by atoms with E-state index < -0.39 is 5.97 Å². The molecule has 0 saturated carbocycles. The summed E-state index contributed by atoms with van der Waals surface area (Å²) in [5, 5.41) is 9.72. The summed E-state index contributed by atoms with van der Waals surface area (Å²) in [6.07, 6.45) is 1.72. The third-order valence-corrected chi connectivity index (χ3v) is 4.88. The number of hydrogen-bond acceptors (Lipinski definition) is 6. The molecule has 3 rings (SSSR count). The number of H-pyrrole nitrogens is 1. The minimum Gasteiger partial charge on any atom is -0.490 e. The number of nitriles is 1. The number of aryl methyl sites for hydroxylation is 1. The second-order valence-electron chi connectivity index (χ2n) is 6.63. The zero-order valence-corrected chi connectivity index (χ0v) is 19.1. The number of aromatic nitrogens is 2. The average molecular weight is 484 g/mol. The molecule has 0 fully saturated rings. The predicted molar refractivity (Wildman–Crippen MR) is 122 cm³/mol. The SMILES string of the molecule is CCOC(=O)COc1c(Br)cc(C=C(C#N)c2nc3ccc(C)cc3[nH]2)cc1OCC. The van der Waals surface area contributed by atoms with E-state index >= 15 is 0 Å². The van der Waals surface area contributed by atoms with E-state index in [1.807, 2.05) is 32.0 Å². The number of halogens is 1. The monoisotopic (exact) mass is 483 g/mol. The number of rotatable bonds is 8. The fraction of sp³-hybridized carbons (Fsp3) is 0.261. The van der Waals surface area contributed by atoms with Crippen LogP contribution in [0.1, 0.15) is 30.8 Å². The topological polar surface area (TPSA) is 97.2 Å². The van der Waals surface area contributed by atoms with Gasteiger partial charge in [-0.3, -0.25) is 0 Å². The van der Waals surface area contributed by atoms with Crippen LogP contribution < -0.4 is 9.47 Å². The number of carbonyl (C=O) groups is 1. The smallest absolute Gasteiger partial charge is 0.344 e. The van der Waals surface area contributed by atoms with Crippen LogP contribution in [0.4, 0.5) is 0 Å². The van der Waals surface area contributed by atoms with Gasteiger partial charge in [0.2, 0.25) is 0 Å². The van der Waals surface area contributed by atoms with Gasteiger partial charge in [-0.05, 0) is 78.2 Å². The van der Waals surface area contributed by atoms with Crippen molar-refractivity contribution in [2.45, 2.75) is 20.8 Å². The number of imidazole rings is 1. The number of nitrogens with zero attached hydrogens (tertiary/aromatic N) is 2. The van der Waals surface area contributed by atoms with Gasteiger partial charge in [0.05, 0.1) is 34.3 Å². The lowest BCUT2D eigenvalue weighted by molar-refractivity contribution is -0.145. The number of carbonyl (C=O) groups excluding carboxylic acids is 1. The van der Waals surface area contributed by atoms with E-state index in [1.165, 1.54) is 0 Å². The van der Waals surface area contributed by atoms with Crippen molar-refractivity contribution in [3.8, 4) is 17.6 Å². The first-order valence-electron chi connectivity index (χ1n) is 9.78. The highest BCUT2D eigenvalue weighted by Crippen LogP contribution is 2.38. The largest absolute Gasteiger partial charge is 0.490 e. The maximum atomic E-state index is 11.6. The molecule has 3 aromatic rings. The van der Waals surface area contributed by atoms with Gasteiger partial charge in [-0.2, -0.15) is 5.26 Å². The predicted octanol–water partition coefficient (Wildman–Crippen LogP) is 5.04. The van der Waals surface area contributed by atoms with Gasteiger partial charge in [0, 0.05) is 0 Å². The van der Waals surface area contributed by atoms with Gasteiger partial charge < -0.3 is 19.2 Å². The van der Waals surface area contributed by atoms with E-state index in [0.29, 0.717) is 39.5 Å². The molecule has 0 aliphatic rings. The average Bonchev–Trinajstić information content (AvgIpc) is 3.14. The summed E-state index contributed by atoms with van der Waals surface area (Å²) in [4.78, 5) is 19.4. The maximum Gasteiger partial charge on any atom is 0.344 e. The van der Waals surface area contributed by atoms with E-state index in [-0.39, 0.29) is 13.2 Å². The zero-order valence-electron chi connectivity index (χ0n) is 17.5. The number of fused-ring (bicyclic) bond motifs is 1. The highest BCUT2D eigenvalue weighted by Gasteiger charge is 2.15. The Hall–Kier alpha value is -3.31. The first-order chi connectivity index (χ1) is 14.9. The van der Waals surface area contributed by atoms with E-state index in [9.17, 15) is 10.1 Å². The normalized spacial score (nSPS) is 11.3. The summed E-state index contributed by atoms with van der Waals surface area (Å²) in [5.41, 5.74) is 3.86. The van der Waals surface area contributed by atoms with E-state index in [2.05, 4.69) is 32.0 Å². The van der Waals surface area contributed by atoms with Crippen LogP contribution in [0, 0.1) is 18.3 Å². The van der Waals surface area contributed by atoms with Gasteiger partial charge >= 0.3 is 5.97 Å². The van der Waals surface area contributed by atoms with Crippen LogP contribution in [0.3, 0.4) is 0 Å². The third kappa shape index (κ3) is 5.44. The summed E-state index contributed by atoms with van der Waals surface area (Å²) in [7, 11) is 0. The number of aromatic amines is 1. The Balaban J connectivity index is 1.95. The Morgan fingerprint density at radius 3 is 2.74 bits per heavy atom. The highest BCUT2D eigenvalue weighted by molar-refractivity contribution is 9.10. The minimum absolute atomic E-state index is 0.233. The molecule has 31 heavy (non-hydrogen) atoms. The summed E-state index contributed by atoms with van der Waals surface area (Å²) in [6, 6.07) is 11.6. The molecule has 0 unspecified atom stereocenters. The van der Waals surface area contributed by atoms with Crippen LogP contribution in [-0.2, 0) is 9.53 Å². The van der Waals surface area contributed by atoms with Crippen LogP contribution >= 0.6 is 15.9 Å². The van der Waals surface area contributed by atoms with Gasteiger partial charge in [-0.1, -0.05) is 6.07 Å². The minimum atomic E-state index is -0.465. The Bertz CT molecular complexity index is 1180. The van der Waals surface area contributed by atoms with E-state index in [1.54, 1.807) is 25.1 Å². The second-order valence-corrected chi connectivity index (χ2v) is 7.49. The molecular weight excluding hydrogens is 462 g/mol. The van der Waals surface area contributed by atoms with Gasteiger partial charge in [0.25, 0.3) is 0 Å². The number of esters is 1. The third-order valence-electron chi connectivity index (χ3n) is 4.30. The van der Waals surface area contributed by atoms with Gasteiger partial charge in [-0.25, -0.2) is 9.78 Å². The maximum absolute atomic E-state index is 11.6. The molecule has 1 N–H and O–H groups in total. The van der Waals surface area contributed by atoms with Crippen molar-refractivity contribution in [1.29, 1.82) is 5.26 Å². The lowest BCUT2D eigenvalue weighted by atomic mass is 10.1. The molecule has 2 aromatic carbocycles. The first kappa shape index (κ1) is 22.4. The Morgan fingerprint density at radius 2 is 2.03 bits per heavy atom. The zero-order chi connectivity index (χ0) is 22.4. The van der Waals surface area contributed by atoms with Crippen molar-refractivity contribution in [1.82, 2.24) is 9.97 Å². The molecule has 8 heteroatoms. The molecule has 0 amide bonds. The summed E-state index contributed by atoms with van der Waals surface area (Å²) in [5.74, 6) is 0.863. The Kier molecular flexibility index (Phi) is 7.32.